The van der Waals surface area contributed by atoms with E-state index in [4.69, 9.17) is 5.11 Å². The summed E-state index contributed by atoms with van der Waals surface area (Å²) in [5.41, 5.74) is 0.575. The monoisotopic (exact) mass is 218 g/mol. The summed E-state index contributed by atoms with van der Waals surface area (Å²) in [7, 11) is 0. The van der Waals surface area contributed by atoms with Gasteiger partial charge < -0.3 is 5.11 Å². The summed E-state index contributed by atoms with van der Waals surface area (Å²) < 4.78 is 13.0. The number of carbonyl (C=O) groups excluding carboxylic acids is 1. The molecule has 16 heavy (non-hydrogen) atoms. The van der Waals surface area contributed by atoms with E-state index >= 15 is 0 Å². The molecule has 0 saturated carbocycles. The molecular weight excluding hydrogens is 207 g/mol. The molecule has 0 heterocycles. The molecule has 2 rings (SSSR count). The van der Waals surface area contributed by atoms with Crippen LogP contribution in [-0.2, 0) is 0 Å². The molecule has 0 atom stereocenters. The zero-order valence-corrected chi connectivity index (χ0v) is 8.51. The molecule has 0 aromatic heterocycles. The standard InChI is InChI=1S/C13H11FO2/c14-13(16)8-6-11(7-9-13)12(15)10-4-2-1-3-5-10/h1-9,11,16H. The second-order valence-corrected chi connectivity index (χ2v) is 3.70. The van der Waals surface area contributed by atoms with Gasteiger partial charge in [-0.05, 0) is 12.2 Å². The second kappa shape index (κ2) is 4.02. The maximum atomic E-state index is 13.0. The van der Waals surface area contributed by atoms with Crippen molar-refractivity contribution in [1.82, 2.24) is 0 Å². The minimum Gasteiger partial charge on any atom is -0.355 e. The van der Waals surface area contributed by atoms with E-state index in [9.17, 15) is 9.18 Å². The molecule has 0 spiro atoms. The number of benzene rings is 1. The van der Waals surface area contributed by atoms with Crippen LogP contribution in [0, 0.1) is 5.92 Å². The SMILES string of the molecule is O=C(c1ccccc1)C1C=CC(O)(F)C=C1. The Labute approximate surface area is 92.7 Å². The maximum absolute atomic E-state index is 13.0. The lowest BCUT2D eigenvalue weighted by atomic mass is 9.92. The first-order valence-corrected chi connectivity index (χ1v) is 4.98. The van der Waals surface area contributed by atoms with Crippen LogP contribution in [0.4, 0.5) is 4.39 Å². The Bertz CT molecular complexity index is 430. The Morgan fingerprint density at radius 2 is 1.75 bits per heavy atom. The lowest BCUT2D eigenvalue weighted by molar-refractivity contribution is 0.00463. The van der Waals surface area contributed by atoms with E-state index in [0.717, 1.165) is 12.2 Å². The van der Waals surface area contributed by atoms with Gasteiger partial charge in [-0.15, -0.1) is 0 Å². The maximum Gasteiger partial charge on any atom is 0.245 e. The quantitative estimate of drug-likeness (QED) is 0.610. The molecule has 2 nitrogen and oxygen atoms in total. The summed E-state index contributed by atoms with van der Waals surface area (Å²) in [6.07, 6.45) is 4.71. The summed E-state index contributed by atoms with van der Waals surface area (Å²) >= 11 is 0. The van der Waals surface area contributed by atoms with Crippen LogP contribution in [0.5, 0.6) is 0 Å². The zero-order valence-electron chi connectivity index (χ0n) is 8.51. The predicted molar refractivity (Wildman–Crippen MR) is 58.6 cm³/mol. The van der Waals surface area contributed by atoms with Gasteiger partial charge in [-0.25, -0.2) is 4.39 Å². The van der Waals surface area contributed by atoms with Crippen molar-refractivity contribution in [3.63, 3.8) is 0 Å². The van der Waals surface area contributed by atoms with E-state index in [1.165, 1.54) is 12.2 Å². The Hall–Kier alpha value is -1.74. The number of aliphatic hydroxyl groups is 1. The van der Waals surface area contributed by atoms with Gasteiger partial charge in [0.15, 0.2) is 5.78 Å². The molecule has 1 aromatic rings. The zero-order chi connectivity index (χ0) is 11.6. The van der Waals surface area contributed by atoms with Crippen molar-refractivity contribution in [2.75, 3.05) is 0 Å². The summed E-state index contributed by atoms with van der Waals surface area (Å²) in [5.74, 6) is -3.03. The highest BCUT2D eigenvalue weighted by atomic mass is 19.2. The number of rotatable bonds is 2. The highest BCUT2D eigenvalue weighted by molar-refractivity contribution is 6.00. The molecule has 82 valence electrons. The fourth-order valence-electron chi connectivity index (χ4n) is 1.57. The van der Waals surface area contributed by atoms with E-state index in [1.54, 1.807) is 24.3 Å². The first-order valence-electron chi connectivity index (χ1n) is 4.98. The predicted octanol–water partition coefficient (Wildman–Crippen LogP) is 2.27. The number of hydrogen-bond donors (Lipinski definition) is 1. The van der Waals surface area contributed by atoms with Crippen LogP contribution in [0.15, 0.2) is 54.6 Å². The van der Waals surface area contributed by atoms with Crippen LogP contribution >= 0.6 is 0 Å². The van der Waals surface area contributed by atoms with Crippen LogP contribution in [0.3, 0.4) is 0 Å². The Morgan fingerprint density at radius 3 is 2.31 bits per heavy atom. The Balaban J connectivity index is 2.18. The average Bonchev–Trinajstić information content (AvgIpc) is 2.29. The van der Waals surface area contributed by atoms with E-state index in [2.05, 4.69) is 0 Å². The lowest BCUT2D eigenvalue weighted by Crippen LogP contribution is -2.21. The molecule has 0 amide bonds. The number of ketones is 1. The summed E-state index contributed by atoms with van der Waals surface area (Å²) in [6, 6.07) is 8.79. The minimum atomic E-state index is -2.42. The number of alkyl halides is 1. The highest BCUT2D eigenvalue weighted by Gasteiger charge is 2.25. The fraction of sp³-hybridized carbons (Fsp3) is 0.154. The Kier molecular flexibility index (Phi) is 2.71. The molecule has 1 N–H and O–H groups in total. The summed E-state index contributed by atoms with van der Waals surface area (Å²) in [6.45, 7) is 0. The first-order chi connectivity index (χ1) is 7.58. The van der Waals surface area contributed by atoms with Crippen molar-refractivity contribution in [3.05, 3.63) is 60.2 Å². The van der Waals surface area contributed by atoms with Crippen molar-refractivity contribution >= 4 is 5.78 Å². The molecule has 0 aliphatic heterocycles. The van der Waals surface area contributed by atoms with Crippen molar-refractivity contribution < 1.29 is 14.3 Å². The van der Waals surface area contributed by atoms with E-state index in [1.807, 2.05) is 6.07 Å². The van der Waals surface area contributed by atoms with Crippen molar-refractivity contribution in [2.24, 2.45) is 5.92 Å². The summed E-state index contributed by atoms with van der Waals surface area (Å²) in [4.78, 5) is 11.9. The van der Waals surface area contributed by atoms with Gasteiger partial charge in [-0.1, -0.05) is 42.5 Å². The third-order valence-electron chi connectivity index (χ3n) is 2.44. The fourth-order valence-corrected chi connectivity index (χ4v) is 1.57. The van der Waals surface area contributed by atoms with Crippen LogP contribution in [-0.4, -0.2) is 16.7 Å². The average molecular weight is 218 g/mol. The molecule has 0 fully saturated rings. The number of allylic oxidation sites excluding steroid dienone is 2. The van der Waals surface area contributed by atoms with Gasteiger partial charge >= 0.3 is 0 Å². The number of hydrogen-bond acceptors (Lipinski definition) is 2. The number of carbonyl (C=O) groups is 1. The molecule has 1 aliphatic rings. The molecule has 0 saturated heterocycles. The molecule has 0 bridgehead atoms. The third kappa shape index (κ3) is 2.25. The van der Waals surface area contributed by atoms with Crippen LogP contribution in [0.25, 0.3) is 0 Å². The van der Waals surface area contributed by atoms with Crippen LogP contribution in [0.2, 0.25) is 0 Å². The van der Waals surface area contributed by atoms with Crippen LogP contribution < -0.4 is 0 Å². The molecule has 3 heteroatoms. The van der Waals surface area contributed by atoms with Crippen LogP contribution in [0.1, 0.15) is 10.4 Å². The topological polar surface area (TPSA) is 37.3 Å². The minimum absolute atomic E-state index is 0.108. The van der Waals surface area contributed by atoms with Crippen molar-refractivity contribution in [1.29, 1.82) is 0 Å². The number of Topliss-reactive ketones (excluding diaryl/α,β-unsaturated/α-hetero) is 1. The van der Waals surface area contributed by atoms with Gasteiger partial charge in [0.05, 0.1) is 5.92 Å². The molecular formula is C13H11FO2. The van der Waals surface area contributed by atoms with Gasteiger partial charge in [0.25, 0.3) is 0 Å². The second-order valence-electron chi connectivity index (χ2n) is 3.70. The van der Waals surface area contributed by atoms with E-state index in [0.29, 0.717) is 5.56 Å². The van der Waals surface area contributed by atoms with Crippen molar-refractivity contribution in [2.45, 2.75) is 5.85 Å². The highest BCUT2D eigenvalue weighted by Crippen LogP contribution is 2.22. The van der Waals surface area contributed by atoms with Gasteiger partial charge in [0.2, 0.25) is 5.85 Å². The molecule has 0 radical (unpaired) electrons. The molecule has 1 aromatic carbocycles. The van der Waals surface area contributed by atoms with E-state index < -0.39 is 11.8 Å². The Morgan fingerprint density at radius 1 is 1.19 bits per heavy atom. The van der Waals surface area contributed by atoms with Gasteiger partial charge in [-0.3, -0.25) is 4.79 Å². The van der Waals surface area contributed by atoms with Gasteiger partial charge in [-0.2, -0.15) is 0 Å². The van der Waals surface area contributed by atoms with Crippen molar-refractivity contribution in [3.8, 4) is 0 Å². The normalized spacial score (nSPS) is 28.0. The van der Waals surface area contributed by atoms with Gasteiger partial charge in [0.1, 0.15) is 0 Å². The third-order valence-corrected chi connectivity index (χ3v) is 2.44. The molecule has 0 unspecified atom stereocenters. The first kappa shape index (κ1) is 10.8. The van der Waals surface area contributed by atoms with E-state index in [-0.39, 0.29) is 5.78 Å². The largest absolute Gasteiger partial charge is 0.355 e. The molecule has 1 aliphatic carbocycles. The lowest BCUT2D eigenvalue weighted by Gasteiger charge is -2.17. The number of halogens is 1. The summed E-state index contributed by atoms with van der Waals surface area (Å²) in [5, 5.41) is 8.99. The van der Waals surface area contributed by atoms with Gasteiger partial charge in [0, 0.05) is 5.56 Å². The smallest absolute Gasteiger partial charge is 0.245 e.